The van der Waals surface area contributed by atoms with Crippen molar-refractivity contribution >= 4 is 11.8 Å². The average Bonchev–Trinajstić information content (AvgIpc) is 3.05. The molecule has 3 rings (SSSR count). The van der Waals surface area contributed by atoms with Gasteiger partial charge in [-0.2, -0.15) is 0 Å². The van der Waals surface area contributed by atoms with Gasteiger partial charge in [0, 0.05) is 25.1 Å². The van der Waals surface area contributed by atoms with Gasteiger partial charge in [0.25, 0.3) is 5.91 Å². The van der Waals surface area contributed by atoms with Crippen LogP contribution < -0.4 is 5.32 Å². The van der Waals surface area contributed by atoms with Crippen LogP contribution in [0.5, 0.6) is 0 Å². The van der Waals surface area contributed by atoms with Gasteiger partial charge in [0.05, 0.1) is 12.6 Å². The Bertz CT molecular complexity index is 728. The van der Waals surface area contributed by atoms with Crippen molar-refractivity contribution in [3.05, 3.63) is 71.3 Å². The minimum Gasteiger partial charge on any atom is -0.394 e. The van der Waals surface area contributed by atoms with Gasteiger partial charge < -0.3 is 15.3 Å². The van der Waals surface area contributed by atoms with Crippen molar-refractivity contribution in [3.8, 4) is 0 Å². The summed E-state index contributed by atoms with van der Waals surface area (Å²) in [6.45, 7) is 1.23. The summed E-state index contributed by atoms with van der Waals surface area (Å²) in [5.74, 6) is -0.0397. The Morgan fingerprint density at radius 1 is 1.12 bits per heavy atom. The molecule has 5 heteroatoms. The van der Waals surface area contributed by atoms with E-state index in [0.29, 0.717) is 18.5 Å². The highest BCUT2D eigenvalue weighted by atomic mass is 16.3. The van der Waals surface area contributed by atoms with E-state index in [1.807, 2.05) is 47.4 Å². The molecule has 2 amide bonds. The number of nitrogens with zero attached hydrogens (tertiary/aromatic N) is 1. The molecule has 1 saturated heterocycles. The monoisotopic (exact) mass is 338 g/mol. The molecule has 2 aromatic carbocycles. The zero-order chi connectivity index (χ0) is 17.6. The predicted molar refractivity (Wildman–Crippen MR) is 94.8 cm³/mol. The van der Waals surface area contributed by atoms with E-state index in [2.05, 4.69) is 5.32 Å². The molecule has 1 aliphatic rings. The SMILES string of the molecule is O=C(N[C@H](CO)c1ccccc1)c1ccc(CN2CCCC2=O)cc1. The summed E-state index contributed by atoms with van der Waals surface area (Å²) in [6, 6.07) is 16.2. The first-order chi connectivity index (χ1) is 12.2. The molecule has 25 heavy (non-hydrogen) atoms. The van der Waals surface area contributed by atoms with E-state index in [9.17, 15) is 14.7 Å². The number of aliphatic hydroxyl groups excluding tert-OH is 1. The zero-order valence-electron chi connectivity index (χ0n) is 14.0. The number of carbonyl (C=O) groups is 2. The van der Waals surface area contributed by atoms with Gasteiger partial charge in [-0.1, -0.05) is 42.5 Å². The average molecular weight is 338 g/mol. The second-order valence-corrected chi connectivity index (χ2v) is 6.24. The molecule has 130 valence electrons. The molecule has 5 nitrogen and oxygen atoms in total. The zero-order valence-corrected chi connectivity index (χ0v) is 14.0. The van der Waals surface area contributed by atoms with Gasteiger partial charge in [0.2, 0.25) is 5.91 Å². The summed E-state index contributed by atoms with van der Waals surface area (Å²) in [4.78, 5) is 25.9. The Hall–Kier alpha value is -2.66. The molecule has 0 bridgehead atoms. The van der Waals surface area contributed by atoms with Crippen LogP contribution in [-0.2, 0) is 11.3 Å². The molecule has 0 radical (unpaired) electrons. The van der Waals surface area contributed by atoms with Crippen molar-refractivity contribution in [3.63, 3.8) is 0 Å². The van der Waals surface area contributed by atoms with Gasteiger partial charge in [-0.05, 0) is 29.7 Å². The minimum absolute atomic E-state index is 0.162. The molecule has 0 saturated carbocycles. The second-order valence-electron chi connectivity index (χ2n) is 6.24. The molecule has 0 aliphatic carbocycles. The summed E-state index contributed by atoms with van der Waals surface area (Å²) in [6.07, 6.45) is 1.55. The van der Waals surface area contributed by atoms with Gasteiger partial charge in [-0.3, -0.25) is 9.59 Å². The quantitative estimate of drug-likeness (QED) is 0.849. The third-order valence-electron chi connectivity index (χ3n) is 4.45. The lowest BCUT2D eigenvalue weighted by molar-refractivity contribution is -0.128. The maximum Gasteiger partial charge on any atom is 0.251 e. The number of hydrogen-bond acceptors (Lipinski definition) is 3. The largest absolute Gasteiger partial charge is 0.394 e. The summed E-state index contributed by atoms with van der Waals surface area (Å²) in [7, 11) is 0. The number of nitrogens with one attached hydrogen (secondary N) is 1. The first-order valence-electron chi connectivity index (χ1n) is 8.51. The maximum absolute atomic E-state index is 12.4. The Morgan fingerprint density at radius 2 is 1.84 bits per heavy atom. The number of carbonyl (C=O) groups excluding carboxylic acids is 2. The van der Waals surface area contributed by atoms with Crippen molar-refractivity contribution in [1.29, 1.82) is 0 Å². The fourth-order valence-electron chi connectivity index (χ4n) is 3.01. The van der Waals surface area contributed by atoms with Crippen molar-refractivity contribution in [1.82, 2.24) is 10.2 Å². The number of amides is 2. The molecule has 1 fully saturated rings. The molecular formula is C20H22N2O3. The van der Waals surface area contributed by atoms with Crippen LogP contribution in [0.4, 0.5) is 0 Å². The lowest BCUT2D eigenvalue weighted by Crippen LogP contribution is -2.30. The first kappa shape index (κ1) is 17.2. The highest BCUT2D eigenvalue weighted by Gasteiger charge is 2.20. The Balaban J connectivity index is 1.63. The lowest BCUT2D eigenvalue weighted by Gasteiger charge is -2.17. The fraction of sp³-hybridized carbons (Fsp3) is 0.300. The molecule has 0 unspecified atom stereocenters. The molecule has 0 aromatic heterocycles. The maximum atomic E-state index is 12.4. The predicted octanol–water partition coefficient (Wildman–Crippen LogP) is 2.27. The van der Waals surface area contributed by atoms with E-state index in [1.54, 1.807) is 12.1 Å². The van der Waals surface area contributed by atoms with Gasteiger partial charge >= 0.3 is 0 Å². The van der Waals surface area contributed by atoms with E-state index in [-0.39, 0.29) is 18.4 Å². The summed E-state index contributed by atoms with van der Waals surface area (Å²) >= 11 is 0. The highest BCUT2D eigenvalue weighted by Crippen LogP contribution is 2.16. The summed E-state index contributed by atoms with van der Waals surface area (Å²) in [5, 5.41) is 12.4. The van der Waals surface area contributed by atoms with E-state index in [4.69, 9.17) is 0 Å². The van der Waals surface area contributed by atoms with Gasteiger partial charge in [-0.25, -0.2) is 0 Å². The van der Waals surface area contributed by atoms with Crippen LogP contribution in [0.15, 0.2) is 54.6 Å². The normalized spacial score (nSPS) is 15.2. The number of hydrogen-bond donors (Lipinski definition) is 2. The minimum atomic E-state index is -0.435. The number of aliphatic hydroxyl groups is 1. The van der Waals surface area contributed by atoms with Gasteiger partial charge in [0.15, 0.2) is 0 Å². The van der Waals surface area contributed by atoms with Crippen molar-refractivity contribution in [2.45, 2.75) is 25.4 Å². The molecule has 1 heterocycles. The fourth-order valence-corrected chi connectivity index (χ4v) is 3.01. The van der Waals surface area contributed by atoms with Crippen LogP contribution >= 0.6 is 0 Å². The Kier molecular flexibility index (Phi) is 5.46. The second kappa shape index (κ2) is 7.94. The van der Waals surface area contributed by atoms with E-state index < -0.39 is 6.04 Å². The number of likely N-dealkylation sites (tertiary alicyclic amines) is 1. The van der Waals surface area contributed by atoms with Crippen molar-refractivity contribution in [2.75, 3.05) is 13.2 Å². The van der Waals surface area contributed by atoms with Crippen LogP contribution in [0.2, 0.25) is 0 Å². The molecule has 0 spiro atoms. The molecule has 1 aliphatic heterocycles. The van der Waals surface area contributed by atoms with E-state index in [1.165, 1.54) is 0 Å². The standard InChI is InChI=1S/C20H22N2O3/c23-14-18(16-5-2-1-3-6-16)21-20(25)17-10-8-15(9-11-17)13-22-12-4-7-19(22)24/h1-3,5-6,8-11,18,23H,4,7,12-14H2,(H,21,25)/t18-/m1/s1. The summed E-state index contributed by atoms with van der Waals surface area (Å²) in [5.41, 5.74) is 2.40. The van der Waals surface area contributed by atoms with Crippen LogP contribution in [0, 0.1) is 0 Å². The van der Waals surface area contributed by atoms with Crippen LogP contribution in [0.1, 0.15) is 40.4 Å². The smallest absolute Gasteiger partial charge is 0.251 e. The van der Waals surface area contributed by atoms with Gasteiger partial charge in [-0.15, -0.1) is 0 Å². The molecule has 2 N–H and O–H groups in total. The van der Waals surface area contributed by atoms with Crippen molar-refractivity contribution < 1.29 is 14.7 Å². The number of benzene rings is 2. The molecular weight excluding hydrogens is 316 g/mol. The molecule has 1 atom stereocenters. The van der Waals surface area contributed by atoms with Crippen LogP contribution in [0.25, 0.3) is 0 Å². The number of rotatable bonds is 6. The third kappa shape index (κ3) is 4.25. The van der Waals surface area contributed by atoms with Crippen LogP contribution in [-0.4, -0.2) is 35.0 Å². The van der Waals surface area contributed by atoms with Crippen LogP contribution in [0.3, 0.4) is 0 Å². The summed E-state index contributed by atoms with van der Waals surface area (Å²) < 4.78 is 0. The third-order valence-corrected chi connectivity index (χ3v) is 4.45. The Morgan fingerprint density at radius 3 is 2.44 bits per heavy atom. The van der Waals surface area contributed by atoms with Gasteiger partial charge in [0.1, 0.15) is 0 Å². The highest BCUT2D eigenvalue weighted by molar-refractivity contribution is 5.94. The topological polar surface area (TPSA) is 69.6 Å². The molecule has 2 aromatic rings. The van der Waals surface area contributed by atoms with E-state index >= 15 is 0 Å². The van der Waals surface area contributed by atoms with E-state index in [0.717, 1.165) is 24.1 Å². The Labute approximate surface area is 147 Å². The lowest BCUT2D eigenvalue weighted by atomic mass is 10.1. The first-order valence-corrected chi connectivity index (χ1v) is 8.51. The van der Waals surface area contributed by atoms with Crippen molar-refractivity contribution in [2.24, 2.45) is 0 Å².